The van der Waals surface area contributed by atoms with Crippen LogP contribution in [0.5, 0.6) is 5.75 Å². The summed E-state index contributed by atoms with van der Waals surface area (Å²) in [4.78, 5) is 25.2. The van der Waals surface area contributed by atoms with Gasteiger partial charge in [-0.2, -0.15) is 0 Å². The molecule has 6 nitrogen and oxygen atoms in total. The smallest absolute Gasteiger partial charge is 0.234 e. The van der Waals surface area contributed by atoms with Gasteiger partial charge in [0, 0.05) is 13.0 Å². The summed E-state index contributed by atoms with van der Waals surface area (Å²) in [6, 6.07) is 6.03. The topological polar surface area (TPSA) is 84.7 Å². The third-order valence-electron chi connectivity index (χ3n) is 4.54. The Kier molecular flexibility index (Phi) is 7.25. The molecule has 25 heavy (non-hydrogen) atoms. The number of nitrogens with two attached hydrogens (primary N) is 1. The number of hydrogen-bond donors (Lipinski definition) is 2. The van der Waals surface area contributed by atoms with Crippen molar-refractivity contribution in [3.8, 4) is 5.75 Å². The number of primary amides is 1. The van der Waals surface area contributed by atoms with Gasteiger partial charge in [0.05, 0.1) is 13.1 Å². The first-order valence-corrected chi connectivity index (χ1v) is 8.92. The number of amides is 2. The van der Waals surface area contributed by atoms with Crippen molar-refractivity contribution in [3.05, 3.63) is 29.3 Å². The Bertz CT molecular complexity index is 583. The molecule has 1 aromatic carbocycles. The van der Waals surface area contributed by atoms with Crippen LogP contribution in [0.1, 0.15) is 30.4 Å². The summed E-state index contributed by atoms with van der Waals surface area (Å²) in [5.74, 6) is 0.887. The van der Waals surface area contributed by atoms with E-state index in [1.807, 2.05) is 32.0 Å². The van der Waals surface area contributed by atoms with Gasteiger partial charge in [-0.3, -0.25) is 14.5 Å². The number of ether oxygens (including phenoxy) is 1. The Hall–Kier alpha value is -2.08. The highest BCUT2D eigenvalue weighted by molar-refractivity contribution is 5.78. The van der Waals surface area contributed by atoms with Crippen molar-refractivity contribution >= 4 is 11.8 Å². The third-order valence-corrected chi connectivity index (χ3v) is 4.54. The van der Waals surface area contributed by atoms with Crippen molar-refractivity contribution in [1.82, 2.24) is 10.2 Å². The molecule has 3 N–H and O–H groups in total. The Morgan fingerprint density at radius 1 is 1.32 bits per heavy atom. The number of likely N-dealkylation sites (tertiary alicyclic amines) is 1. The Labute approximate surface area is 149 Å². The van der Waals surface area contributed by atoms with Crippen LogP contribution in [0.15, 0.2) is 18.2 Å². The van der Waals surface area contributed by atoms with Crippen LogP contribution in [-0.2, 0) is 9.59 Å². The van der Waals surface area contributed by atoms with E-state index >= 15 is 0 Å². The van der Waals surface area contributed by atoms with Crippen molar-refractivity contribution < 1.29 is 14.3 Å². The van der Waals surface area contributed by atoms with Gasteiger partial charge in [0.15, 0.2) is 0 Å². The molecule has 6 heteroatoms. The maximum absolute atomic E-state index is 12.1. The fourth-order valence-corrected chi connectivity index (χ4v) is 3.38. The van der Waals surface area contributed by atoms with Crippen LogP contribution in [0.3, 0.4) is 0 Å². The average Bonchev–Trinajstić information content (AvgIpc) is 2.53. The van der Waals surface area contributed by atoms with Gasteiger partial charge in [-0.05, 0) is 50.3 Å². The predicted molar refractivity (Wildman–Crippen MR) is 97.4 cm³/mol. The molecule has 2 amide bonds. The van der Waals surface area contributed by atoms with Crippen molar-refractivity contribution in [2.45, 2.75) is 33.1 Å². The first-order valence-electron chi connectivity index (χ1n) is 8.92. The molecular weight excluding hydrogens is 318 g/mol. The van der Waals surface area contributed by atoms with Crippen LogP contribution >= 0.6 is 0 Å². The number of rotatable bonds is 8. The molecule has 1 aliphatic heterocycles. The number of piperidine rings is 1. The summed E-state index contributed by atoms with van der Waals surface area (Å²) in [6.07, 6.45) is 2.41. The highest BCUT2D eigenvalue weighted by Gasteiger charge is 2.22. The molecule has 1 aliphatic rings. The van der Waals surface area contributed by atoms with Gasteiger partial charge in [-0.1, -0.05) is 18.2 Å². The van der Waals surface area contributed by atoms with E-state index < -0.39 is 0 Å². The lowest BCUT2D eigenvalue weighted by molar-refractivity contribution is -0.122. The largest absolute Gasteiger partial charge is 0.491 e. The summed E-state index contributed by atoms with van der Waals surface area (Å²) in [7, 11) is 0. The molecule has 1 saturated heterocycles. The van der Waals surface area contributed by atoms with E-state index in [4.69, 9.17) is 10.5 Å². The van der Waals surface area contributed by atoms with Crippen LogP contribution in [-0.4, -0.2) is 49.5 Å². The second-order valence-corrected chi connectivity index (χ2v) is 6.83. The molecule has 0 aromatic heterocycles. The van der Waals surface area contributed by atoms with E-state index in [1.165, 1.54) is 0 Å². The van der Waals surface area contributed by atoms with Crippen LogP contribution in [0, 0.1) is 19.8 Å². The van der Waals surface area contributed by atoms with E-state index in [2.05, 4.69) is 10.2 Å². The first kappa shape index (κ1) is 19.2. The molecule has 138 valence electrons. The zero-order valence-electron chi connectivity index (χ0n) is 15.2. The van der Waals surface area contributed by atoms with Crippen molar-refractivity contribution in [2.75, 3.05) is 32.8 Å². The molecule has 0 saturated carbocycles. The van der Waals surface area contributed by atoms with Crippen molar-refractivity contribution in [3.63, 3.8) is 0 Å². The van der Waals surface area contributed by atoms with E-state index in [0.29, 0.717) is 26.1 Å². The van der Waals surface area contributed by atoms with E-state index in [9.17, 15) is 9.59 Å². The molecule has 1 unspecified atom stereocenters. The lowest BCUT2D eigenvalue weighted by atomic mass is 9.94. The van der Waals surface area contributed by atoms with E-state index in [1.54, 1.807) is 0 Å². The number of aryl methyl sites for hydroxylation is 2. The van der Waals surface area contributed by atoms with Crippen LogP contribution in [0.4, 0.5) is 0 Å². The number of hydrogen-bond acceptors (Lipinski definition) is 4. The molecule has 0 spiro atoms. The quantitative estimate of drug-likeness (QED) is 0.696. The van der Waals surface area contributed by atoms with Crippen LogP contribution in [0.2, 0.25) is 0 Å². The fourth-order valence-electron chi connectivity index (χ4n) is 3.38. The maximum Gasteiger partial charge on any atom is 0.234 e. The van der Waals surface area contributed by atoms with Gasteiger partial charge in [-0.25, -0.2) is 0 Å². The minimum atomic E-state index is -0.264. The number of benzene rings is 1. The van der Waals surface area contributed by atoms with Gasteiger partial charge in [0.25, 0.3) is 0 Å². The summed E-state index contributed by atoms with van der Waals surface area (Å²) in [5, 5.41) is 2.90. The molecule has 0 bridgehead atoms. The molecule has 1 fully saturated rings. The highest BCUT2D eigenvalue weighted by Crippen LogP contribution is 2.22. The number of para-hydroxylation sites is 1. The Morgan fingerprint density at radius 2 is 2.04 bits per heavy atom. The summed E-state index contributed by atoms with van der Waals surface area (Å²) < 4.78 is 5.79. The Morgan fingerprint density at radius 3 is 2.72 bits per heavy atom. The molecule has 1 aromatic rings. The zero-order valence-corrected chi connectivity index (χ0v) is 15.2. The average molecular weight is 347 g/mol. The van der Waals surface area contributed by atoms with Crippen molar-refractivity contribution in [1.29, 1.82) is 0 Å². The zero-order chi connectivity index (χ0) is 18.2. The summed E-state index contributed by atoms with van der Waals surface area (Å²) in [6.45, 7) is 6.96. The second kappa shape index (κ2) is 9.42. The molecule has 2 rings (SSSR count). The first-order chi connectivity index (χ1) is 12.0. The standard InChI is InChI=1S/C19H29N3O3/c1-14-5-3-6-15(2)19(14)25-10-8-21-18(24)13-22-9-4-7-16(12-22)11-17(20)23/h3,5-6,16H,4,7-13H2,1-2H3,(H2,20,23)(H,21,24). The monoisotopic (exact) mass is 347 g/mol. The predicted octanol–water partition coefficient (Wildman–Crippen LogP) is 1.39. The Balaban J connectivity index is 1.68. The van der Waals surface area contributed by atoms with E-state index in [0.717, 1.165) is 42.8 Å². The van der Waals surface area contributed by atoms with Gasteiger partial charge >= 0.3 is 0 Å². The van der Waals surface area contributed by atoms with Gasteiger partial charge in [0.2, 0.25) is 11.8 Å². The van der Waals surface area contributed by atoms with E-state index in [-0.39, 0.29) is 17.7 Å². The lowest BCUT2D eigenvalue weighted by Crippen LogP contribution is -2.43. The summed E-state index contributed by atoms with van der Waals surface area (Å²) >= 11 is 0. The van der Waals surface area contributed by atoms with Gasteiger partial charge in [-0.15, -0.1) is 0 Å². The molecule has 0 radical (unpaired) electrons. The normalized spacial score (nSPS) is 17.9. The highest BCUT2D eigenvalue weighted by atomic mass is 16.5. The SMILES string of the molecule is Cc1cccc(C)c1OCCNC(=O)CN1CCCC(CC(N)=O)C1. The lowest BCUT2D eigenvalue weighted by Gasteiger charge is -2.31. The minimum Gasteiger partial charge on any atom is -0.491 e. The van der Waals surface area contributed by atoms with Gasteiger partial charge in [0.1, 0.15) is 12.4 Å². The van der Waals surface area contributed by atoms with Crippen molar-refractivity contribution in [2.24, 2.45) is 11.7 Å². The summed E-state index contributed by atoms with van der Waals surface area (Å²) in [5.41, 5.74) is 7.46. The van der Waals surface area contributed by atoms with Crippen LogP contribution < -0.4 is 15.8 Å². The number of carbonyl (C=O) groups is 2. The van der Waals surface area contributed by atoms with Crippen LogP contribution in [0.25, 0.3) is 0 Å². The molecular formula is C19H29N3O3. The number of carbonyl (C=O) groups excluding carboxylic acids is 2. The fraction of sp³-hybridized carbons (Fsp3) is 0.579. The number of nitrogens with zero attached hydrogens (tertiary/aromatic N) is 1. The maximum atomic E-state index is 12.1. The van der Waals surface area contributed by atoms with Gasteiger partial charge < -0.3 is 15.8 Å². The minimum absolute atomic E-state index is 0.00942. The second-order valence-electron chi connectivity index (χ2n) is 6.83. The molecule has 1 atom stereocenters. The third kappa shape index (κ3) is 6.38. The number of nitrogens with one attached hydrogen (secondary N) is 1. The molecule has 1 heterocycles. The molecule has 0 aliphatic carbocycles.